The maximum atomic E-state index is 12.4. The van der Waals surface area contributed by atoms with Crippen LogP contribution in [0, 0.1) is 0 Å². The Morgan fingerprint density at radius 1 is 1.31 bits per heavy atom. The number of amides is 1. The molecule has 3 aromatic rings. The van der Waals surface area contributed by atoms with Gasteiger partial charge in [0, 0.05) is 23.2 Å². The number of aryl methyl sites for hydroxylation is 1. The van der Waals surface area contributed by atoms with Crippen molar-refractivity contribution in [3.05, 3.63) is 50.6 Å². The van der Waals surface area contributed by atoms with Gasteiger partial charge in [-0.25, -0.2) is 4.68 Å². The molecule has 0 atom stereocenters. The van der Waals surface area contributed by atoms with E-state index in [1.807, 2.05) is 18.4 Å². The van der Waals surface area contributed by atoms with Crippen LogP contribution in [0.1, 0.15) is 35.1 Å². The first-order valence-electron chi connectivity index (χ1n) is 8.04. The van der Waals surface area contributed by atoms with Crippen LogP contribution in [0.25, 0.3) is 0 Å². The van der Waals surface area contributed by atoms with Gasteiger partial charge in [0.15, 0.2) is 4.34 Å². The van der Waals surface area contributed by atoms with Crippen molar-refractivity contribution in [1.29, 1.82) is 0 Å². The fourth-order valence-electron chi connectivity index (χ4n) is 2.05. The van der Waals surface area contributed by atoms with E-state index in [-0.39, 0.29) is 11.3 Å². The standard InChI is InChI=1S/C16H17N5O2S3/c1-2-3-8-21-13(22)7-6-12(20-21)14(23)17-15-18-19-16(26-15)25-10-11-5-4-9-24-11/h4-7,9H,2-3,8,10H2,1H3,(H,17,18,23). The minimum absolute atomic E-state index is 0.184. The van der Waals surface area contributed by atoms with Gasteiger partial charge in [-0.15, -0.1) is 21.5 Å². The topological polar surface area (TPSA) is 89.8 Å². The monoisotopic (exact) mass is 407 g/mol. The number of nitrogens with zero attached hydrogens (tertiary/aromatic N) is 4. The van der Waals surface area contributed by atoms with Gasteiger partial charge in [0.05, 0.1) is 0 Å². The first-order valence-corrected chi connectivity index (χ1v) is 10.7. The first kappa shape index (κ1) is 18.7. The van der Waals surface area contributed by atoms with Gasteiger partial charge < -0.3 is 0 Å². The van der Waals surface area contributed by atoms with Crippen LogP contribution in [0.4, 0.5) is 5.13 Å². The molecule has 0 fully saturated rings. The van der Waals surface area contributed by atoms with Gasteiger partial charge in [0.25, 0.3) is 11.5 Å². The van der Waals surface area contributed by atoms with E-state index in [1.54, 1.807) is 23.1 Å². The lowest BCUT2D eigenvalue weighted by atomic mass is 10.3. The van der Waals surface area contributed by atoms with Crippen LogP contribution < -0.4 is 10.9 Å². The van der Waals surface area contributed by atoms with Crippen molar-refractivity contribution >= 4 is 45.5 Å². The van der Waals surface area contributed by atoms with Crippen LogP contribution in [0.2, 0.25) is 0 Å². The summed E-state index contributed by atoms with van der Waals surface area (Å²) in [5, 5.41) is 17.3. The van der Waals surface area contributed by atoms with E-state index in [9.17, 15) is 9.59 Å². The molecule has 0 aliphatic heterocycles. The van der Waals surface area contributed by atoms with Gasteiger partial charge in [-0.3, -0.25) is 14.9 Å². The van der Waals surface area contributed by atoms with Gasteiger partial charge in [-0.05, 0) is 23.9 Å². The quantitative estimate of drug-likeness (QED) is 0.454. The Morgan fingerprint density at radius 2 is 2.19 bits per heavy atom. The van der Waals surface area contributed by atoms with Crippen LogP contribution >= 0.6 is 34.4 Å². The molecule has 26 heavy (non-hydrogen) atoms. The van der Waals surface area contributed by atoms with E-state index in [4.69, 9.17) is 0 Å². The molecular weight excluding hydrogens is 390 g/mol. The largest absolute Gasteiger partial charge is 0.295 e. The van der Waals surface area contributed by atoms with E-state index in [0.29, 0.717) is 11.7 Å². The number of aromatic nitrogens is 4. The second-order valence-electron chi connectivity index (χ2n) is 5.33. The van der Waals surface area contributed by atoms with Crippen molar-refractivity contribution in [3.8, 4) is 0 Å². The predicted molar refractivity (Wildman–Crippen MR) is 105 cm³/mol. The molecular formula is C16H17N5O2S3. The molecule has 7 nitrogen and oxygen atoms in total. The smallest absolute Gasteiger partial charge is 0.277 e. The van der Waals surface area contributed by atoms with E-state index >= 15 is 0 Å². The Bertz CT molecular complexity index is 920. The second-order valence-corrected chi connectivity index (χ2v) is 8.56. The number of nitrogens with one attached hydrogen (secondary N) is 1. The number of carbonyl (C=O) groups excluding carboxylic acids is 1. The van der Waals surface area contributed by atoms with E-state index in [0.717, 1.165) is 22.9 Å². The summed E-state index contributed by atoms with van der Waals surface area (Å²) in [7, 11) is 0. The second kappa shape index (κ2) is 9.06. The molecule has 0 aliphatic carbocycles. The molecule has 10 heteroatoms. The van der Waals surface area contributed by atoms with Gasteiger partial charge in [-0.2, -0.15) is 5.10 Å². The maximum Gasteiger partial charge on any atom is 0.277 e. The summed E-state index contributed by atoms with van der Waals surface area (Å²) in [5.41, 5.74) is -0.0260. The molecule has 0 aromatic carbocycles. The summed E-state index contributed by atoms with van der Waals surface area (Å²) in [6, 6.07) is 6.87. The summed E-state index contributed by atoms with van der Waals surface area (Å²) in [4.78, 5) is 25.4. The number of anilines is 1. The summed E-state index contributed by atoms with van der Waals surface area (Å²) in [6.45, 7) is 2.53. The lowest BCUT2D eigenvalue weighted by Gasteiger charge is -2.05. The van der Waals surface area contributed by atoms with Crippen molar-refractivity contribution in [2.45, 2.75) is 36.4 Å². The molecule has 0 saturated heterocycles. The van der Waals surface area contributed by atoms with E-state index in [1.165, 1.54) is 33.0 Å². The van der Waals surface area contributed by atoms with Crippen LogP contribution in [0.5, 0.6) is 0 Å². The maximum absolute atomic E-state index is 12.4. The average molecular weight is 408 g/mol. The van der Waals surface area contributed by atoms with Gasteiger partial charge in [0.1, 0.15) is 5.69 Å². The Morgan fingerprint density at radius 3 is 2.96 bits per heavy atom. The first-order chi connectivity index (χ1) is 12.7. The fourth-order valence-corrected chi connectivity index (χ4v) is 4.57. The van der Waals surface area contributed by atoms with Crippen molar-refractivity contribution in [2.75, 3.05) is 5.32 Å². The molecule has 3 heterocycles. The zero-order valence-electron chi connectivity index (χ0n) is 14.0. The Hall–Kier alpha value is -2.04. The summed E-state index contributed by atoms with van der Waals surface area (Å²) >= 11 is 4.59. The van der Waals surface area contributed by atoms with Gasteiger partial charge in [0.2, 0.25) is 5.13 Å². The van der Waals surface area contributed by atoms with Gasteiger partial charge in [-0.1, -0.05) is 42.5 Å². The highest BCUT2D eigenvalue weighted by Gasteiger charge is 2.13. The molecule has 0 saturated carbocycles. The number of hydrogen-bond acceptors (Lipinski definition) is 8. The van der Waals surface area contributed by atoms with Crippen LogP contribution in [-0.2, 0) is 12.3 Å². The Kier molecular flexibility index (Phi) is 6.53. The third-order valence-electron chi connectivity index (χ3n) is 3.37. The Balaban J connectivity index is 1.62. The predicted octanol–water partition coefficient (Wildman–Crippen LogP) is 3.50. The van der Waals surface area contributed by atoms with Crippen molar-refractivity contribution in [3.63, 3.8) is 0 Å². The van der Waals surface area contributed by atoms with E-state index in [2.05, 4.69) is 26.7 Å². The molecule has 136 valence electrons. The summed E-state index contributed by atoms with van der Waals surface area (Å²) in [5.74, 6) is 0.422. The number of carbonyl (C=O) groups is 1. The molecule has 0 spiro atoms. The average Bonchev–Trinajstić information content (AvgIpc) is 3.31. The fraction of sp³-hybridized carbons (Fsp3) is 0.312. The number of unbranched alkanes of at least 4 members (excludes halogenated alkanes) is 1. The Labute approximate surface area is 162 Å². The molecule has 0 unspecified atom stereocenters. The highest BCUT2D eigenvalue weighted by Crippen LogP contribution is 2.29. The summed E-state index contributed by atoms with van der Waals surface area (Å²) < 4.78 is 2.11. The molecule has 0 aliphatic rings. The van der Waals surface area contributed by atoms with Crippen molar-refractivity contribution in [2.24, 2.45) is 0 Å². The third-order valence-corrected chi connectivity index (χ3v) is 6.45. The molecule has 1 N–H and O–H groups in total. The van der Waals surface area contributed by atoms with Crippen molar-refractivity contribution in [1.82, 2.24) is 20.0 Å². The highest BCUT2D eigenvalue weighted by molar-refractivity contribution is 8.00. The number of hydrogen-bond donors (Lipinski definition) is 1. The number of thioether (sulfide) groups is 1. The van der Waals surface area contributed by atoms with E-state index < -0.39 is 5.91 Å². The summed E-state index contributed by atoms with van der Waals surface area (Å²) in [6.07, 6.45) is 1.78. The SMILES string of the molecule is CCCCn1nc(C(=O)Nc2nnc(SCc3cccs3)s2)ccc1=O. The van der Waals surface area contributed by atoms with Crippen LogP contribution in [0.15, 0.2) is 38.8 Å². The highest BCUT2D eigenvalue weighted by atomic mass is 32.2. The van der Waals surface area contributed by atoms with Crippen molar-refractivity contribution < 1.29 is 4.79 Å². The van der Waals surface area contributed by atoms with Crippen LogP contribution in [0.3, 0.4) is 0 Å². The zero-order chi connectivity index (χ0) is 18.4. The van der Waals surface area contributed by atoms with Crippen LogP contribution in [-0.4, -0.2) is 25.9 Å². The lowest BCUT2D eigenvalue weighted by molar-refractivity contribution is 0.101. The number of thiophene rings is 1. The zero-order valence-corrected chi connectivity index (χ0v) is 16.5. The third kappa shape index (κ3) is 4.99. The molecule has 3 aromatic heterocycles. The molecule has 3 rings (SSSR count). The lowest BCUT2D eigenvalue weighted by Crippen LogP contribution is -2.26. The minimum atomic E-state index is -0.402. The normalized spacial score (nSPS) is 10.8. The molecule has 1 amide bonds. The minimum Gasteiger partial charge on any atom is -0.295 e. The molecule has 0 bridgehead atoms. The molecule has 0 radical (unpaired) electrons. The number of rotatable bonds is 8. The van der Waals surface area contributed by atoms with Gasteiger partial charge >= 0.3 is 0 Å².